The fourth-order valence-corrected chi connectivity index (χ4v) is 1.12. The molecule has 0 aromatic carbocycles. The lowest BCUT2D eigenvalue weighted by Gasteiger charge is -2.08. The summed E-state index contributed by atoms with van der Waals surface area (Å²) in [5, 5.41) is 6.92. The van der Waals surface area contributed by atoms with Crippen molar-refractivity contribution < 1.29 is 17.9 Å². The number of ether oxygens (including phenoxy) is 1. The fraction of sp³-hybridized carbons (Fsp3) is 0.667. The van der Waals surface area contributed by atoms with Gasteiger partial charge in [0.25, 0.3) is 0 Å². The molecule has 1 aromatic rings. The van der Waals surface area contributed by atoms with Crippen molar-refractivity contribution in [1.29, 1.82) is 0 Å². The van der Waals surface area contributed by atoms with Crippen molar-refractivity contribution in [2.24, 2.45) is 7.05 Å². The van der Waals surface area contributed by atoms with E-state index in [1.165, 1.54) is 0 Å². The van der Waals surface area contributed by atoms with E-state index in [1.54, 1.807) is 17.9 Å². The molecule has 7 heteroatoms. The summed E-state index contributed by atoms with van der Waals surface area (Å²) >= 11 is 0. The Morgan fingerprint density at radius 1 is 1.50 bits per heavy atom. The first kappa shape index (κ1) is 13.0. The lowest BCUT2D eigenvalue weighted by atomic mass is 10.4. The van der Waals surface area contributed by atoms with E-state index in [9.17, 15) is 13.2 Å². The van der Waals surface area contributed by atoms with Crippen molar-refractivity contribution in [2.45, 2.75) is 12.7 Å². The number of rotatable bonds is 6. The van der Waals surface area contributed by atoms with Gasteiger partial charge in [-0.1, -0.05) is 0 Å². The largest absolute Gasteiger partial charge is 0.411 e. The second kappa shape index (κ2) is 5.86. The Labute approximate surface area is 91.4 Å². The predicted octanol–water partition coefficient (Wildman–Crippen LogP) is 1.09. The van der Waals surface area contributed by atoms with E-state index in [0.29, 0.717) is 13.1 Å². The maximum atomic E-state index is 11.7. The van der Waals surface area contributed by atoms with Crippen LogP contribution in [0.2, 0.25) is 0 Å². The fourth-order valence-electron chi connectivity index (χ4n) is 1.12. The van der Waals surface area contributed by atoms with Crippen molar-refractivity contribution in [3.05, 3.63) is 18.0 Å². The van der Waals surface area contributed by atoms with Gasteiger partial charge >= 0.3 is 6.18 Å². The summed E-state index contributed by atoms with van der Waals surface area (Å²) in [5.74, 6) is 0. The molecule has 0 atom stereocenters. The van der Waals surface area contributed by atoms with Gasteiger partial charge in [0.15, 0.2) is 0 Å². The number of hydrogen-bond donors (Lipinski definition) is 1. The van der Waals surface area contributed by atoms with Crippen molar-refractivity contribution >= 4 is 0 Å². The average Bonchev–Trinajstić information content (AvgIpc) is 2.56. The van der Waals surface area contributed by atoms with E-state index < -0.39 is 12.8 Å². The Hall–Kier alpha value is -1.08. The zero-order chi connectivity index (χ0) is 12.0. The summed E-state index contributed by atoms with van der Waals surface area (Å²) in [5.41, 5.74) is 0.968. The molecule has 0 radical (unpaired) electrons. The minimum atomic E-state index is -4.25. The Morgan fingerprint density at radius 2 is 2.25 bits per heavy atom. The molecule has 0 spiro atoms. The number of aromatic nitrogens is 2. The summed E-state index contributed by atoms with van der Waals surface area (Å²) in [6.07, 6.45) is -2.58. The Kier molecular flexibility index (Phi) is 4.75. The zero-order valence-electron chi connectivity index (χ0n) is 8.92. The molecule has 0 saturated heterocycles. The maximum absolute atomic E-state index is 11.7. The molecule has 4 nitrogen and oxygen atoms in total. The smallest absolute Gasteiger partial charge is 0.371 e. The quantitative estimate of drug-likeness (QED) is 0.753. The van der Waals surface area contributed by atoms with E-state index in [2.05, 4.69) is 15.2 Å². The molecule has 1 aromatic heterocycles. The van der Waals surface area contributed by atoms with Crippen LogP contribution in [-0.4, -0.2) is 35.7 Å². The van der Waals surface area contributed by atoms with Gasteiger partial charge in [-0.05, 0) is 6.07 Å². The summed E-state index contributed by atoms with van der Waals surface area (Å²) in [7, 11) is 1.80. The van der Waals surface area contributed by atoms with Crippen molar-refractivity contribution in [2.75, 3.05) is 19.8 Å². The van der Waals surface area contributed by atoms with Crippen LogP contribution < -0.4 is 5.32 Å². The summed E-state index contributed by atoms with van der Waals surface area (Å²) < 4.78 is 41.2. The summed E-state index contributed by atoms with van der Waals surface area (Å²) in [4.78, 5) is 0. The molecular weight excluding hydrogens is 223 g/mol. The zero-order valence-corrected chi connectivity index (χ0v) is 8.92. The molecule has 1 rings (SSSR count). The van der Waals surface area contributed by atoms with E-state index in [0.717, 1.165) is 5.69 Å². The molecule has 1 N–H and O–H groups in total. The first-order valence-electron chi connectivity index (χ1n) is 4.81. The summed E-state index contributed by atoms with van der Waals surface area (Å²) in [6, 6.07) is 1.84. The molecule has 0 bridgehead atoms. The van der Waals surface area contributed by atoms with Crippen LogP contribution in [0.5, 0.6) is 0 Å². The van der Waals surface area contributed by atoms with Crippen LogP contribution in [0.1, 0.15) is 5.69 Å². The number of aryl methyl sites for hydroxylation is 1. The van der Waals surface area contributed by atoms with Gasteiger partial charge in [-0.15, -0.1) is 0 Å². The third-order valence-electron chi connectivity index (χ3n) is 1.92. The predicted molar refractivity (Wildman–Crippen MR) is 51.8 cm³/mol. The average molecular weight is 237 g/mol. The minimum Gasteiger partial charge on any atom is -0.371 e. The van der Waals surface area contributed by atoms with Crippen molar-refractivity contribution in [1.82, 2.24) is 15.1 Å². The van der Waals surface area contributed by atoms with Gasteiger partial charge in [0.1, 0.15) is 6.61 Å². The summed E-state index contributed by atoms with van der Waals surface area (Å²) in [6.45, 7) is -0.217. The van der Waals surface area contributed by atoms with Crippen molar-refractivity contribution in [3.63, 3.8) is 0 Å². The van der Waals surface area contributed by atoms with E-state index >= 15 is 0 Å². The highest BCUT2D eigenvalue weighted by Crippen LogP contribution is 2.13. The van der Waals surface area contributed by atoms with Crippen LogP contribution in [0, 0.1) is 0 Å². The van der Waals surface area contributed by atoms with Gasteiger partial charge in [0.2, 0.25) is 0 Å². The topological polar surface area (TPSA) is 39.1 Å². The standard InChI is InChI=1S/C9H14F3N3O/c1-15-8(2-3-14-15)6-13-4-5-16-7-9(10,11)12/h2-3,13H,4-7H2,1H3. The van der Waals surface area contributed by atoms with Gasteiger partial charge < -0.3 is 10.1 Å². The van der Waals surface area contributed by atoms with Gasteiger partial charge in [-0.2, -0.15) is 18.3 Å². The van der Waals surface area contributed by atoms with Crippen LogP contribution in [0.15, 0.2) is 12.3 Å². The number of hydrogen-bond acceptors (Lipinski definition) is 3. The third kappa shape index (κ3) is 5.13. The second-order valence-corrected chi connectivity index (χ2v) is 3.29. The normalized spacial score (nSPS) is 12.0. The van der Waals surface area contributed by atoms with Gasteiger partial charge in [0, 0.05) is 26.3 Å². The SMILES string of the molecule is Cn1nccc1CNCCOCC(F)(F)F. The molecular formula is C9H14F3N3O. The molecule has 0 aliphatic carbocycles. The van der Waals surface area contributed by atoms with Gasteiger partial charge in [-0.25, -0.2) is 0 Å². The maximum Gasteiger partial charge on any atom is 0.411 e. The first-order valence-corrected chi connectivity index (χ1v) is 4.81. The van der Waals surface area contributed by atoms with Crippen LogP contribution in [0.25, 0.3) is 0 Å². The number of halogens is 3. The number of alkyl halides is 3. The lowest BCUT2D eigenvalue weighted by molar-refractivity contribution is -0.173. The third-order valence-corrected chi connectivity index (χ3v) is 1.92. The molecule has 0 saturated carbocycles. The molecule has 0 amide bonds. The van der Waals surface area contributed by atoms with Crippen LogP contribution >= 0.6 is 0 Å². The highest BCUT2D eigenvalue weighted by molar-refractivity contribution is 4.98. The second-order valence-electron chi connectivity index (χ2n) is 3.29. The first-order chi connectivity index (χ1) is 7.49. The number of nitrogens with one attached hydrogen (secondary N) is 1. The van der Waals surface area contributed by atoms with E-state index in [4.69, 9.17) is 0 Å². The molecule has 0 aliphatic heterocycles. The van der Waals surface area contributed by atoms with Crippen LogP contribution in [0.4, 0.5) is 13.2 Å². The molecule has 0 aliphatic rings. The number of nitrogens with zero attached hydrogens (tertiary/aromatic N) is 2. The van der Waals surface area contributed by atoms with Crippen LogP contribution in [-0.2, 0) is 18.3 Å². The van der Waals surface area contributed by atoms with E-state index in [-0.39, 0.29) is 6.61 Å². The Bertz CT molecular complexity index is 311. The highest BCUT2D eigenvalue weighted by atomic mass is 19.4. The molecule has 16 heavy (non-hydrogen) atoms. The highest BCUT2D eigenvalue weighted by Gasteiger charge is 2.27. The van der Waals surface area contributed by atoms with Gasteiger partial charge in [-0.3, -0.25) is 4.68 Å². The molecule has 92 valence electrons. The van der Waals surface area contributed by atoms with Crippen LogP contribution in [0.3, 0.4) is 0 Å². The lowest BCUT2D eigenvalue weighted by Crippen LogP contribution is -2.24. The molecule has 0 fully saturated rings. The Balaban J connectivity index is 2.03. The monoisotopic (exact) mass is 237 g/mol. The Morgan fingerprint density at radius 3 is 2.81 bits per heavy atom. The van der Waals surface area contributed by atoms with E-state index in [1.807, 2.05) is 6.07 Å². The molecule has 1 heterocycles. The minimum absolute atomic E-state index is 0.0390. The molecule has 0 unspecified atom stereocenters. The van der Waals surface area contributed by atoms with Crippen molar-refractivity contribution in [3.8, 4) is 0 Å². The van der Waals surface area contributed by atoms with Gasteiger partial charge in [0.05, 0.1) is 12.3 Å².